The Balaban J connectivity index is 2.44. The minimum atomic E-state index is -3.70. The predicted octanol–water partition coefficient (Wildman–Crippen LogP) is 2.82. The van der Waals surface area contributed by atoms with Gasteiger partial charge in [0.15, 0.2) is 0 Å². The van der Waals surface area contributed by atoms with E-state index in [1.807, 2.05) is 0 Å². The van der Waals surface area contributed by atoms with E-state index in [1.54, 1.807) is 0 Å². The van der Waals surface area contributed by atoms with E-state index in [1.165, 1.54) is 22.5 Å². The van der Waals surface area contributed by atoms with Crippen LogP contribution in [0.25, 0.3) is 0 Å². The summed E-state index contributed by atoms with van der Waals surface area (Å²) in [6.07, 6.45) is 2.33. The number of nitrogens with two attached hydrogens (primary N) is 1. The number of halogens is 2. The number of hydrogen-bond acceptors (Lipinski definition) is 3. The molecule has 20 heavy (non-hydrogen) atoms. The zero-order valence-corrected chi connectivity index (χ0v) is 13.7. The Kier molecular flexibility index (Phi) is 4.92. The Morgan fingerprint density at radius 2 is 1.85 bits per heavy atom. The van der Waals surface area contributed by atoms with E-state index in [9.17, 15) is 8.42 Å². The highest BCUT2D eigenvalue weighted by atomic mass is 35.5. The van der Waals surface area contributed by atoms with Crippen LogP contribution in [0.2, 0.25) is 10.0 Å². The van der Waals surface area contributed by atoms with Gasteiger partial charge < -0.3 is 5.73 Å². The lowest BCUT2D eigenvalue weighted by molar-refractivity contribution is 0.306. The van der Waals surface area contributed by atoms with Gasteiger partial charge in [0.05, 0.1) is 15.9 Å². The van der Waals surface area contributed by atoms with Gasteiger partial charge in [-0.3, -0.25) is 0 Å². The number of hydrogen-bond donors (Lipinski definition) is 1. The number of thiocarbonyl (C=S) groups is 1. The topological polar surface area (TPSA) is 63.4 Å². The molecule has 0 bridgehead atoms. The van der Waals surface area contributed by atoms with Gasteiger partial charge in [-0.15, -0.1) is 0 Å². The van der Waals surface area contributed by atoms with Crippen molar-refractivity contribution < 1.29 is 8.42 Å². The zero-order valence-electron chi connectivity index (χ0n) is 10.6. The van der Waals surface area contributed by atoms with Gasteiger partial charge >= 0.3 is 0 Å². The average Bonchev–Trinajstić information content (AvgIpc) is 2.37. The van der Waals surface area contributed by atoms with Crippen LogP contribution in [0.15, 0.2) is 23.1 Å². The Bertz CT molecular complexity index is 614. The maximum Gasteiger partial charge on any atom is 0.243 e. The van der Waals surface area contributed by atoms with Crippen LogP contribution in [0.4, 0.5) is 0 Å². The molecule has 0 aliphatic carbocycles. The second kappa shape index (κ2) is 6.15. The Hall–Kier alpha value is -0.400. The molecular formula is C12H14Cl2N2O2S2. The molecule has 1 saturated heterocycles. The SMILES string of the molecule is NC(=S)C1CCCCN1S(=O)(=O)c1cc(Cl)cc(Cl)c1. The predicted molar refractivity (Wildman–Crippen MR) is 84.8 cm³/mol. The summed E-state index contributed by atoms with van der Waals surface area (Å²) in [4.78, 5) is 0.263. The molecule has 4 nitrogen and oxygen atoms in total. The molecule has 0 aromatic heterocycles. The molecule has 0 amide bonds. The van der Waals surface area contributed by atoms with Crippen LogP contribution in [-0.4, -0.2) is 30.3 Å². The lowest BCUT2D eigenvalue weighted by Gasteiger charge is -2.33. The summed E-state index contributed by atoms with van der Waals surface area (Å²) in [7, 11) is -3.70. The van der Waals surface area contributed by atoms with Crippen molar-refractivity contribution in [3.63, 3.8) is 0 Å². The van der Waals surface area contributed by atoms with Crippen molar-refractivity contribution >= 4 is 50.4 Å². The summed E-state index contributed by atoms with van der Waals surface area (Å²) in [6, 6.07) is 3.81. The van der Waals surface area contributed by atoms with Gasteiger partial charge in [-0.25, -0.2) is 8.42 Å². The lowest BCUT2D eigenvalue weighted by Crippen LogP contribution is -2.49. The van der Waals surface area contributed by atoms with E-state index in [2.05, 4.69) is 0 Å². The minimum absolute atomic E-state index is 0.0677. The normalized spacial score (nSPS) is 20.8. The average molecular weight is 353 g/mol. The summed E-state index contributed by atoms with van der Waals surface area (Å²) < 4.78 is 26.7. The van der Waals surface area contributed by atoms with Crippen LogP contribution in [0.3, 0.4) is 0 Å². The van der Waals surface area contributed by atoms with Gasteiger partial charge in [0.2, 0.25) is 10.0 Å². The van der Waals surface area contributed by atoms with Crippen LogP contribution in [0.1, 0.15) is 19.3 Å². The second-order valence-electron chi connectivity index (χ2n) is 4.63. The number of sulfonamides is 1. The zero-order chi connectivity index (χ0) is 14.9. The standard InChI is InChI=1S/C12H14Cl2N2O2S2/c13-8-5-9(14)7-10(6-8)20(17,18)16-4-2-1-3-11(16)12(15)19/h5-7,11H,1-4H2,(H2,15,19). The molecule has 2 N–H and O–H groups in total. The highest BCUT2D eigenvalue weighted by Crippen LogP contribution is 2.29. The van der Waals surface area contributed by atoms with E-state index in [0.717, 1.165) is 12.8 Å². The lowest BCUT2D eigenvalue weighted by atomic mass is 10.1. The maximum atomic E-state index is 12.7. The number of rotatable bonds is 3. The fourth-order valence-corrected chi connectivity index (χ4v) is 5.00. The molecule has 1 unspecified atom stereocenters. The molecule has 1 aromatic rings. The first-order valence-electron chi connectivity index (χ1n) is 6.09. The van der Waals surface area contributed by atoms with Crippen molar-refractivity contribution in [1.29, 1.82) is 0 Å². The van der Waals surface area contributed by atoms with Crippen molar-refractivity contribution in [2.45, 2.75) is 30.2 Å². The first kappa shape index (κ1) is 16.0. The molecule has 8 heteroatoms. The van der Waals surface area contributed by atoms with Crippen molar-refractivity contribution in [3.8, 4) is 0 Å². The first-order valence-corrected chi connectivity index (χ1v) is 8.70. The highest BCUT2D eigenvalue weighted by Gasteiger charge is 2.35. The van der Waals surface area contributed by atoms with Crippen LogP contribution >= 0.6 is 35.4 Å². The summed E-state index contributed by atoms with van der Waals surface area (Å²) in [6.45, 7) is 0.397. The van der Waals surface area contributed by atoms with Crippen molar-refractivity contribution in [2.75, 3.05) is 6.54 Å². The smallest absolute Gasteiger partial charge is 0.243 e. The highest BCUT2D eigenvalue weighted by molar-refractivity contribution is 7.89. The molecule has 1 heterocycles. The first-order chi connectivity index (χ1) is 9.32. The van der Waals surface area contributed by atoms with Gasteiger partial charge in [-0.1, -0.05) is 41.8 Å². The number of nitrogens with zero attached hydrogens (tertiary/aromatic N) is 1. The Labute approximate surface area is 133 Å². The third-order valence-electron chi connectivity index (χ3n) is 3.22. The van der Waals surface area contributed by atoms with Crippen LogP contribution in [0.5, 0.6) is 0 Å². The molecule has 1 aliphatic heterocycles. The van der Waals surface area contributed by atoms with Gasteiger partial charge in [0.1, 0.15) is 0 Å². The van der Waals surface area contributed by atoms with E-state index in [-0.39, 0.29) is 19.9 Å². The molecular weight excluding hydrogens is 339 g/mol. The minimum Gasteiger partial charge on any atom is -0.392 e. The summed E-state index contributed by atoms with van der Waals surface area (Å²) >= 11 is 16.7. The van der Waals surface area contributed by atoms with Gasteiger partial charge in [-0.2, -0.15) is 4.31 Å². The van der Waals surface area contributed by atoms with E-state index >= 15 is 0 Å². The van der Waals surface area contributed by atoms with Crippen molar-refractivity contribution in [1.82, 2.24) is 4.31 Å². The number of benzene rings is 1. The van der Waals surface area contributed by atoms with Crippen molar-refractivity contribution in [2.24, 2.45) is 5.73 Å². The molecule has 1 fully saturated rings. The molecule has 1 aliphatic rings. The monoisotopic (exact) mass is 352 g/mol. The largest absolute Gasteiger partial charge is 0.392 e. The Morgan fingerprint density at radius 1 is 1.25 bits per heavy atom. The van der Waals surface area contributed by atoms with E-state index < -0.39 is 16.1 Å². The van der Waals surface area contributed by atoms with Crippen molar-refractivity contribution in [3.05, 3.63) is 28.2 Å². The maximum absolute atomic E-state index is 12.7. The molecule has 0 radical (unpaired) electrons. The Morgan fingerprint density at radius 3 is 2.40 bits per heavy atom. The van der Waals surface area contributed by atoms with E-state index in [4.69, 9.17) is 41.2 Å². The fraction of sp³-hybridized carbons (Fsp3) is 0.417. The number of piperidine rings is 1. The fourth-order valence-electron chi connectivity index (χ4n) is 2.29. The third-order valence-corrected chi connectivity index (χ3v) is 5.82. The van der Waals surface area contributed by atoms with Gasteiger partial charge in [-0.05, 0) is 31.0 Å². The van der Waals surface area contributed by atoms with Crippen LogP contribution < -0.4 is 5.73 Å². The molecule has 1 aromatic carbocycles. The van der Waals surface area contributed by atoms with Crippen LogP contribution in [-0.2, 0) is 10.0 Å². The molecule has 0 spiro atoms. The second-order valence-corrected chi connectivity index (χ2v) is 7.87. The quantitative estimate of drug-likeness (QED) is 0.849. The molecule has 110 valence electrons. The van der Waals surface area contributed by atoms with Gasteiger partial charge in [0, 0.05) is 16.6 Å². The molecule has 0 saturated carbocycles. The van der Waals surface area contributed by atoms with E-state index in [0.29, 0.717) is 13.0 Å². The van der Waals surface area contributed by atoms with Crippen LogP contribution in [0, 0.1) is 0 Å². The summed E-state index contributed by atoms with van der Waals surface area (Å²) in [5.74, 6) is 0. The molecule has 2 rings (SSSR count). The summed E-state index contributed by atoms with van der Waals surface area (Å²) in [5.41, 5.74) is 5.67. The van der Waals surface area contributed by atoms with Gasteiger partial charge in [0.25, 0.3) is 0 Å². The summed E-state index contributed by atoms with van der Waals surface area (Å²) in [5, 5.41) is 0.555. The third kappa shape index (κ3) is 3.26. The molecule has 1 atom stereocenters.